The molecule has 0 aromatic heterocycles. The molecule has 156 valence electrons. The van der Waals surface area contributed by atoms with E-state index in [-0.39, 0.29) is 30.2 Å². The zero-order chi connectivity index (χ0) is 21.4. The first kappa shape index (κ1) is 23.6. The van der Waals surface area contributed by atoms with Gasteiger partial charge in [-0.05, 0) is 50.1 Å². The number of halogens is 2. The molecule has 0 aliphatic heterocycles. The van der Waals surface area contributed by atoms with Gasteiger partial charge in [-0.25, -0.2) is 0 Å². The SMILES string of the molecule is CC(C)NC(=O)[C@@H](C)N(Cc1ccccc1Cl)C(=O)CSCc1cccc(Cl)c1. The van der Waals surface area contributed by atoms with Crippen molar-refractivity contribution in [3.63, 3.8) is 0 Å². The van der Waals surface area contributed by atoms with E-state index in [0.29, 0.717) is 15.8 Å². The fourth-order valence-corrected chi connectivity index (χ4v) is 4.03. The monoisotopic (exact) mass is 452 g/mol. The minimum Gasteiger partial charge on any atom is -0.352 e. The number of nitrogens with zero attached hydrogens (tertiary/aromatic N) is 1. The lowest BCUT2D eigenvalue weighted by Crippen LogP contribution is -2.49. The molecule has 0 fully saturated rings. The number of carbonyl (C=O) groups is 2. The van der Waals surface area contributed by atoms with Crippen molar-refractivity contribution in [1.29, 1.82) is 0 Å². The van der Waals surface area contributed by atoms with Gasteiger partial charge in [0, 0.05) is 28.4 Å². The van der Waals surface area contributed by atoms with Crippen molar-refractivity contribution < 1.29 is 9.59 Å². The Kier molecular flexibility index (Phi) is 9.34. The number of hydrogen-bond acceptors (Lipinski definition) is 3. The van der Waals surface area contributed by atoms with Crippen LogP contribution < -0.4 is 5.32 Å². The molecule has 7 heteroatoms. The Hall–Kier alpha value is -1.69. The molecule has 1 atom stereocenters. The fourth-order valence-electron chi connectivity index (χ4n) is 2.76. The van der Waals surface area contributed by atoms with Gasteiger partial charge in [-0.2, -0.15) is 0 Å². The zero-order valence-electron chi connectivity index (χ0n) is 16.8. The molecule has 2 aromatic carbocycles. The molecule has 0 spiro atoms. The number of amides is 2. The fraction of sp³-hybridized carbons (Fsp3) is 0.364. The average Bonchev–Trinajstić information content (AvgIpc) is 2.66. The van der Waals surface area contributed by atoms with E-state index in [9.17, 15) is 9.59 Å². The normalized spacial score (nSPS) is 11.9. The van der Waals surface area contributed by atoms with E-state index in [1.807, 2.05) is 56.3 Å². The highest BCUT2D eigenvalue weighted by molar-refractivity contribution is 7.99. The standard InChI is InChI=1S/C22H26Cl2N2O2S/c1-15(2)25-22(28)16(3)26(12-18-8-4-5-10-20(18)24)21(27)14-29-13-17-7-6-9-19(23)11-17/h4-11,15-16H,12-14H2,1-3H3,(H,25,28)/t16-/m1/s1. The Morgan fingerprint density at radius 2 is 1.79 bits per heavy atom. The first-order valence-corrected chi connectivity index (χ1v) is 11.3. The number of benzene rings is 2. The van der Waals surface area contributed by atoms with Crippen LogP contribution in [0.1, 0.15) is 31.9 Å². The van der Waals surface area contributed by atoms with Crippen LogP contribution in [0.3, 0.4) is 0 Å². The minimum absolute atomic E-state index is 0.000538. The molecule has 4 nitrogen and oxygen atoms in total. The van der Waals surface area contributed by atoms with E-state index >= 15 is 0 Å². The molecule has 0 radical (unpaired) electrons. The maximum Gasteiger partial charge on any atom is 0.242 e. The Labute approximate surface area is 187 Å². The van der Waals surface area contributed by atoms with Gasteiger partial charge in [0.15, 0.2) is 0 Å². The van der Waals surface area contributed by atoms with Crippen molar-refractivity contribution in [2.75, 3.05) is 5.75 Å². The Bertz CT molecular complexity index is 845. The second-order valence-electron chi connectivity index (χ2n) is 7.08. The molecule has 29 heavy (non-hydrogen) atoms. The maximum absolute atomic E-state index is 13.0. The third-order valence-corrected chi connectivity index (χ3v) is 5.87. The smallest absolute Gasteiger partial charge is 0.242 e. The Morgan fingerprint density at radius 1 is 1.07 bits per heavy atom. The lowest BCUT2D eigenvalue weighted by atomic mass is 10.1. The summed E-state index contributed by atoms with van der Waals surface area (Å²) in [6.45, 7) is 5.81. The number of thioether (sulfide) groups is 1. The van der Waals surface area contributed by atoms with Gasteiger partial charge in [-0.1, -0.05) is 53.5 Å². The van der Waals surface area contributed by atoms with Crippen LogP contribution in [0.25, 0.3) is 0 Å². The molecule has 2 aromatic rings. The van der Waals surface area contributed by atoms with E-state index in [1.54, 1.807) is 17.9 Å². The highest BCUT2D eigenvalue weighted by atomic mass is 35.5. The molecule has 0 heterocycles. The van der Waals surface area contributed by atoms with Gasteiger partial charge in [-0.3, -0.25) is 9.59 Å². The number of hydrogen-bond donors (Lipinski definition) is 1. The van der Waals surface area contributed by atoms with Crippen molar-refractivity contribution in [3.8, 4) is 0 Å². The third kappa shape index (κ3) is 7.57. The molecular formula is C22H26Cl2N2O2S. The molecule has 0 aliphatic rings. The van der Waals surface area contributed by atoms with Gasteiger partial charge in [0.1, 0.15) is 6.04 Å². The second-order valence-corrected chi connectivity index (χ2v) is 8.90. The van der Waals surface area contributed by atoms with Gasteiger partial charge in [0.05, 0.1) is 5.75 Å². The van der Waals surface area contributed by atoms with Gasteiger partial charge in [-0.15, -0.1) is 11.8 Å². The molecule has 2 rings (SSSR count). The summed E-state index contributed by atoms with van der Waals surface area (Å²) in [6, 6.07) is 14.3. The van der Waals surface area contributed by atoms with Gasteiger partial charge < -0.3 is 10.2 Å². The van der Waals surface area contributed by atoms with Crippen LogP contribution in [0.15, 0.2) is 48.5 Å². The summed E-state index contributed by atoms with van der Waals surface area (Å²) in [6.07, 6.45) is 0. The Balaban J connectivity index is 2.09. The van der Waals surface area contributed by atoms with E-state index in [1.165, 1.54) is 11.8 Å². The average molecular weight is 453 g/mol. The van der Waals surface area contributed by atoms with E-state index < -0.39 is 6.04 Å². The molecule has 2 amide bonds. The minimum atomic E-state index is -0.604. The lowest BCUT2D eigenvalue weighted by Gasteiger charge is -2.29. The summed E-state index contributed by atoms with van der Waals surface area (Å²) in [7, 11) is 0. The van der Waals surface area contributed by atoms with E-state index in [4.69, 9.17) is 23.2 Å². The van der Waals surface area contributed by atoms with Crippen molar-refractivity contribution in [2.45, 2.75) is 45.2 Å². The number of nitrogens with one attached hydrogen (secondary N) is 1. The van der Waals surface area contributed by atoms with Crippen LogP contribution in [0.4, 0.5) is 0 Å². The molecule has 0 saturated heterocycles. The van der Waals surface area contributed by atoms with Gasteiger partial charge in [0.25, 0.3) is 0 Å². The first-order valence-electron chi connectivity index (χ1n) is 9.43. The predicted octanol–water partition coefficient (Wildman–Crippen LogP) is 5.17. The first-order chi connectivity index (χ1) is 13.8. The van der Waals surface area contributed by atoms with Crippen LogP contribution in [0.5, 0.6) is 0 Å². The van der Waals surface area contributed by atoms with Crippen molar-refractivity contribution in [1.82, 2.24) is 10.2 Å². The van der Waals surface area contributed by atoms with Crippen LogP contribution >= 0.6 is 35.0 Å². The summed E-state index contributed by atoms with van der Waals surface area (Å²) >= 11 is 13.8. The van der Waals surface area contributed by atoms with E-state index in [0.717, 1.165) is 11.1 Å². The molecule has 0 aliphatic carbocycles. The summed E-state index contributed by atoms with van der Waals surface area (Å²) in [4.78, 5) is 27.1. The molecule has 0 unspecified atom stereocenters. The predicted molar refractivity (Wildman–Crippen MR) is 122 cm³/mol. The summed E-state index contributed by atoms with van der Waals surface area (Å²) in [5, 5.41) is 4.13. The largest absolute Gasteiger partial charge is 0.352 e. The highest BCUT2D eigenvalue weighted by Gasteiger charge is 2.26. The zero-order valence-corrected chi connectivity index (χ0v) is 19.2. The quantitative estimate of drug-likeness (QED) is 0.570. The number of carbonyl (C=O) groups excluding carboxylic acids is 2. The molecular weight excluding hydrogens is 427 g/mol. The van der Waals surface area contributed by atoms with Crippen molar-refractivity contribution >= 4 is 46.8 Å². The van der Waals surface area contributed by atoms with E-state index in [2.05, 4.69) is 5.32 Å². The summed E-state index contributed by atoms with van der Waals surface area (Å²) < 4.78 is 0. The highest BCUT2D eigenvalue weighted by Crippen LogP contribution is 2.21. The van der Waals surface area contributed by atoms with Crippen LogP contribution in [0, 0.1) is 0 Å². The molecule has 0 saturated carbocycles. The van der Waals surface area contributed by atoms with Gasteiger partial charge in [0.2, 0.25) is 11.8 Å². The van der Waals surface area contributed by atoms with Crippen LogP contribution in [-0.2, 0) is 21.9 Å². The Morgan fingerprint density at radius 3 is 2.45 bits per heavy atom. The second kappa shape index (κ2) is 11.5. The molecule has 0 bridgehead atoms. The topological polar surface area (TPSA) is 49.4 Å². The van der Waals surface area contributed by atoms with Crippen molar-refractivity contribution in [3.05, 3.63) is 69.7 Å². The maximum atomic E-state index is 13.0. The summed E-state index contributed by atoms with van der Waals surface area (Å²) in [5.41, 5.74) is 1.87. The lowest BCUT2D eigenvalue weighted by molar-refractivity contribution is -0.138. The number of rotatable bonds is 9. The van der Waals surface area contributed by atoms with Crippen LogP contribution in [-0.4, -0.2) is 34.6 Å². The third-order valence-electron chi connectivity index (χ3n) is 4.28. The van der Waals surface area contributed by atoms with Crippen molar-refractivity contribution in [2.24, 2.45) is 0 Å². The van der Waals surface area contributed by atoms with Crippen LogP contribution in [0.2, 0.25) is 10.0 Å². The molecule has 1 N–H and O–H groups in total. The summed E-state index contributed by atoms with van der Waals surface area (Å²) in [5.74, 6) is 0.637. The van der Waals surface area contributed by atoms with Gasteiger partial charge >= 0.3 is 0 Å².